The number of nitrogens with zero attached hydrogens (tertiary/aromatic N) is 3. The number of para-hydroxylation sites is 1. The molecule has 1 heterocycles. The third-order valence-corrected chi connectivity index (χ3v) is 5.11. The summed E-state index contributed by atoms with van der Waals surface area (Å²) in [4.78, 5) is 17.5. The number of carbonyl (C=O) groups is 1. The van der Waals surface area contributed by atoms with E-state index < -0.39 is 0 Å². The maximum absolute atomic E-state index is 12.9. The number of nitrogens with one attached hydrogen (secondary N) is 1. The molecule has 0 aliphatic heterocycles. The highest BCUT2D eigenvalue weighted by atomic mass is 35.5. The quantitative estimate of drug-likeness (QED) is 0.459. The Morgan fingerprint density at radius 1 is 0.933 bits per heavy atom. The summed E-state index contributed by atoms with van der Waals surface area (Å²) in [6.07, 6.45) is 0. The molecule has 0 unspecified atom stereocenters. The van der Waals surface area contributed by atoms with Crippen LogP contribution in [0.3, 0.4) is 0 Å². The first-order chi connectivity index (χ1) is 14.4. The van der Waals surface area contributed by atoms with Crippen LogP contribution in [-0.2, 0) is 0 Å². The zero-order valence-corrected chi connectivity index (χ0v) is 17.7. The zero-order valence-electron chi connectivity index (χ0n) is 17.0. The van der Waals surface area contributed by atoms with Crippen molar-refractivity contribution in [3.63, 3.8) is 0 Å². The fraction of sp³-hybridized carbons (Fsp3) is 0.125. The minimum absolute atomic E-state index is 0.0918. The van der Waals surface area contributed by atoms with Gasteiger partial charge in [-0.15, -0.1) is 5.10 Å². The van der Waals surface area contributed by atoms with E-state index in [0.29, 0.717) is 10.8 Å². The SMILES string of the molecule is Cc1cccc(-c2nc(C(=O)Nc3ccccc3C)nn2-c2cc(Cl)ccc2C)c1. The molecule has 0 saturated carbocycles. The number of amides is 1. The number of rotatable bonds is 4. The van der Waals surface area contributed by atoms with Crippen LogP contribution in [0.1, 0.15) is 27.3 Å². The molecule has 0 aliphatic carbocycles. The van der Waals surface area contributed by atoms with Crippen LogP contribution in [0.4, 0.5) is 5.69 Å². The Balaban J connectivity index is 1.83. The van der Waals surface area contributed by atoms with E-state index in [1.54, 1.807) is 4.68 Å². The first kappa shape index (κ1) is 19.9. The summed E-state index contributed by atoms with van der Waals surface area (Å²) in [7, 11) is 0. The average molecular weight is 417 g/mol. The maximum atomic E-state index is 12.9. The van der Waals surface area contributed by atoms with Gasteiger partial charge in [0.1, 0.15) is 0 Å². The van der Waals surface area contributed by atoms with Crippen molar-refractivity contribution in [3.05, 3.63) is 94.3 Å². The van der Waals surface area contributed by atoms with Crippen LogP contribution in [0.2, 0.25) is 5.02 Å². The van der Waals surface area contributed by atoms with E-state index in [1.165, 1.54) is 0 Å². The molecule has 1 aromatic heterocycles. The molecule has 5 nitrogen and oxygen atoms in total. The molecular formula is C24H21ClN4O. The van der Waals surface area contributed by atoms with Crippen molar-refractivity contribution in [2.45, 2.75) is 20.8 Å². The van der Waals surface area contributed by atoms with E-state index in [-0.39, 0.29) is 11.7 Å². The van der Waals surface area contributed by atoms with Crippen LogP contribution in [0.5, 0.6) is 0 Å². The second-order valence-corrected chi connectivity index (χ2v) is 7.68. The fourth-order valence-corrected chi connectivity index (χ4v) is 3.42. The third-order valence-electron chi connectivity index (χ3n) is 4.88. The van der Waals surface area contributed by atoms with Gasteiger partial charge in [-0.1, -0.05) is 59.6 Å². The number of halogens is 1. The van der Waals surface area contributed by atoms with Gasteiger partial charge in [0.15, 0.2) is 5.82 Å². The molecule has 0 spiro atoms. The number of hydrogen-bond acceptors (Lipinski definition) is 3. The number of anilines is 1. The van der Waals surface area contributed by atoms with Gasteiger partial charge in [0.2, 0.25) is 5.82 Å². The lowest BCUT2D eigenvalue weighted by Crippen LogP contribution is -2.15. The normalized spacial score (nSPS) is 10.8. The molecule has 30 heavy (non-hydrogen) atoms. The molecule has 0 radical (unpaired) electrons. The molecule has 0 fully saturated rings. The summed E-state index contributed by atoms with van der Waals surface area (Å²) in [5.41, 5.74) is 5.42. The molecule has 1 amide bonds. The Morgan fingerprint density at radius 2 is 1.73 bits per heavy atom. The Labute approximate surface area is 180 Å². The molecule has 0 bridgehead atoms. The molecule has 0 saturated heterocycles. The Kier molecular flexibility index (Phi) is 5.38. The second-order valence-electron chi connectivity index (χ2n) is 7.24. The van der Waals surface area contributed by atoms with Gasteiger partial charge >= 0.3 is 0 Å². The predicted molar refractivity (Wildman–Crippen MR) is 120 cm³/mol. The van der Waals surface area contributed by atoms with Crippen molar-refractivity contribution in [2.24, 2.45) is 0 Å². The van der Waals surface area contributed by atoms with Crippen molar-refractivity contribution in [2.75, 3.05) is 5.32 Å². The van der Waals surface area contributed by atoms with Gasteiger partial charge in [0.05, 0.1) is 5.69 Å². The first-order valence-corrected chi connectivity index (χ1v) is 9.98. The largest absolute Gasteiger partial charge is 0.319 e. The highest BCUT2D eigenvalue weighted by Crippen LogP contribution is 2.26. The predicted octanol–water partition coefficient (Wildman–Crippen LogP) is 5.77. The van der Waals surface area contributed by atoms with Crippen LogP contribution in [0.25, 0.3) is 17.1 Å². The van der Waals surface area contributed by atoms with E-state index in [2.05, 4.69) is 15.4 Å². The number of benzene rings is 3. The maximum Gasteiger partial charge on any atom is 0.295 e. The zero-order chi connectivity index (χ0) is 21.3. The monoisotopic (exact) mass is 416 g/mol. The Hall–Kier alpha value is -3.44. The van der Waals surface area contributed by atoms with Crippen molar-refractivity contribution < 1.29 is 4.79 Å². The van der Waals surface area contributed by atoms with E-state index in [9.17, 15) is 4.79 Å². The molecule has 0 atom stereocenters. The lowest BCUT2D eigenvalue weighted by molar-refractivity contribution is 0.101. The van der Waals surface area contributed by atoms with E-state index >= 15 is 0 Å². The van der Waals surface area contributed by atoms with Crippen LogP contribution in [0.15, 0.2) is 66.7 Å². The Bertz CT molecular complexity index is 1250. The molecular weight excluding hydrogens is 396 g/mol. The van der Waals surface area contributed by atoms with Gasteiger partial charge in [0.25, 0.3) is 5.91 Å². The summed E-state index contributed by atoms with van der Waals surface area (Å²) in [5.74, 6) is 0.310. The number of carbonyl (C=O) groups excluding carboxylic acids is 1. The number of aromatic nitrogens is 3. The average Bonchev–Trinajstić information content (AvgIpc) is 3.17. The summed E-state index contributed by atoms with van der Waals surface area (Å²) in [6.45, 7) is 5.93. The van der Waals surface area contributed by atoms with Gasteiger partial charge < -0.3 is 5.32 Å². The lowest BCUT2D eigenvalue weighted by atomic mass is 10.1. The fourth-order valence-electron chi connectivity index (χ4n) is 3.25. The highest BCUT2D eigenvalue weighted by molar-refractivity contribution is 6.30. The number of aryl methyl sites for hydroxylation is 3. The van der Waals surface area contributed by atoms with Crippen molar-refractivity contribution in [1.29, 1.82) is 0 Å². The minimum Gasteiger partial charge on any atom is -0.319 e. The summed E-state index contributed by atoms with van der Waals surface area (Å²) >= 11 is 6.24. The van der Waals surface area contributed by atoms with Crippen molar-refractivity contribution in [1.82, 2.24) is 14.8 Å². The smallest absolute Gasteiger partial charge is 0.295 e. The second kappa shape index (κ2) is 8.13. The van der Waals surface area contributed by atoms with Gasteiger partial charge in [-0.05, 0) is 56.2 Å². The third kappa shape index (κ3) is 3.98. The van der Waals surface area contributed by atoms with Crippen molar-refractivity contribution >= 4 is 23.2 Å². The molecule has 0 aliphatic rings. The molecule has 1 N–H and O–H groups in total. The van der Waals surface area contributed by atoms with Crippen LogP contribution < -0.4 is 5.32 Å². The molecule has 6 heteroatoms. The lowest BCUT2D eigenvalue weighted by Gasteiger charge is -2.10. The number of hydrogen-bond donors (Lipinski definition) is 1. The standard InChI is InChI=1S/C24H21ClN4O/c1-15-7-6-9-18(13-15)23-27-22(24(30)26-20-10-5-4-8-16(20)2)28-29(23)21-14-19(25)12-11-17(21)3/h4-14H,1-3H3,(H,26,30). The summed E-state index contributed by atoms with van der Waals surface area (Å²) in [6, 6.07) is 21.1. The molecule has 4 aromatic rings. The van der Waals surface area contributed by atoms with Gasteiger partial charge in [0, 0.05) is 16.3 Å². The molecule has 3 aromatic carbocycles. The minimum atomic E-state index is -0.364. The molecule has 150 valence electrons. The van der Waals surface area contributed by atoms with E-state index in [0.717, 1.165) is 33.6 Å². The van der Waals surface area contributed by atoms with E-state index in [1.807, 2.05) is 87.5 Å². The topological polar surface area (TPSA) is 59.8 Å². The van der Waals surface area contributed by atoms with Crippen LogP contribution in [0, 0.1) is 20.8 Å². The summed E-state index contributed by atoms with van der Waals surface area (Å²) in [5, 5.41) is 8.04. The van der Waals surface area contributed by atoms with Gasteiger partial charge in [-0.25, -0.2) is 9.67 Å². The Morgan fingerprint density at radius 3 is 2.50 bits per heavy atom. The van der Waals surface area contributed by atoms with Crippen LogP contribution in [-0.4, -0.2) is 20.7 Å². The summed E-state index contributed by atoms with van der Waals surface area (Å²) < 4.78 is 1.68. The highest BCUT2D eigenvalue weighted by Gasteiger charge is 2.20. The first-order valence-electron chi connectivity index (χ1n) is 9.60. The van der Waals surface area contributed by atoms with Gasteiger partial charge in [-0.2, -0.15) is 0 Å². The molecule has 4 rings (SSSR count). The van der Waals surface area contributed by atoms with E-state index in [4.69, 9.17) is 11.6 Å². The van der Waals surface area contributed by atoms with Crippen molar-refractivity contribution in [3.8, 4) is 17.1 Å². The van der Waals surface area contributed by atoms with Gasteiger partial charge in [-0.3, -0.25) is 4.79 Å². The van der Waals surface area contributed by atoms with Crippen LogP contribution >= 0.6 is 11.6 Å².